The smallest absolute Gasteiger partial charge is 0.270 e. The largest absolute Gasteiger partial charge is 0.371 e. The van der Waals surface area contributed by atoms with E-state index in [1.807, 2.05) is 24.3 Å². The van der Waals surface area contributed by atoms with Crippen LogP contribution in [0, 0.1) is 11.8 Å². The molecule has 3 heterocycles. The first-order chi connectivity index (χ1) is 12.8. The fourth-order valence-corrected chi connectivity index (χ4v) is 4.35. The van der Waals surface area contributed by atoms with Crippen LogP contribution in [0.25, 0.3) is 0 Å². The zero-order valence-corrected chi connectivity index (χ0v) is 15.1. The first-order valence-corrected chi connectivity index (χ1v) is 9.68. The minimum atomic E-state index is -0.129. The molecule has 0 aromatic carbocycles. The molecule has 26 heavy (non-hydrogen) atoms. The second kappa shape index (κ2) is 7.85. The van der Waals surface area contributed by atoms with E-state index in [1.165, 1.54) is 32.1 Å². The van der Waals surface area contributed by atoms with Gasteiger partial charge in [-0.25, -0.2) is 0 Å². The minimum Gasteiger partial charge on any atom is -0.371 e. The topological polar surface area (TPSA) is 58.1 Å². The number of anilines is 1. The van der Waals surface area contributed by atoms with Gasteiger partial charge in [-0.3, -0.25) is 14.8 Å². The molecule has 0 radical (unpaired) electrons. The Balaban J connectivity index is 1.40. The molecule has 1 saturated heterocycles. The van der Waals surface area contributed by atoms with E-state index in [2.05, 4.69) is 20.2 Å². The highest BCUT2D eigenvalue weighted by atomic mass is 16.1. The molecule has 1 aliphatic carbocycles. The van der Waals surface area contributed by atoms with Gasteiger partial charge < -0.3 is 10.2 Å². The third-order valence-electron chi connectivity index (χ3n) is 5.83. The highest BCUT2D eigenvalue weighted by molar-refractivity contribution is 5.93. The number of hydrogen-bond acceptors (Lipinski definition) is 4. The van der Waals surface area contributed by atoms with Crippen molar-refractivity contribution in [2.45, 2.75) is 38.6 Å². The van der Waals surface area contributed by atoms with E-state index in [9.17, 15) is 4.79 Å². The maximum absolute atomic E-state index is 12.5. The normalized spacial score (nSPS) is 22.5. The second-order valence-corrected chi connectivity index (χ2v) is 7.48. The fourth-order valence-electron chi connectivity index (χ4n) is 4.35. The van der Waals surface area contributed by atoms with Crippen LogP contribution in [-0.2, 0) is 6.54 Å². The summed E-state index contributed by atoms with van der Waals surface area (Å²) in [6.45, 7) is 2.69. The highest BCUT2D eigenvalue weighted by Crippen LogP contribution is 2.37. The quantitative estimate of drug-likeness (QED) is 0.918. The number of piperidine rings is 1. The molecule has 2 fully saturated rings. The molecule has 2 atom stereocenters. The lowest BCUT2D eigenvalue weighted by Gasteiger charge is -2.42. The van der Waals surface area contributed by atoms with Gasteiger partial charge in [-0.2, -0.15) is 0 Å². The lowest BCUT2D eigenvalue weighted by atomic mass is 9.75. The van der Waals surface area contributed by atoms with Crippen molar-refractivity contribution < 1.29 is 4.79 Å². The Bertz CT molecular complexity index is 749. The summed E-state index contributed by atoms with van der Waals surface area (Å²) in [6.07, 6.45) is 12.0. The van der Waals surface area contributed by atoms with Gasteiger partial charge in [-0.1, -0.05) is 19.3 Å². The van der Waals surface area contributed by atoms with E-state index in [-0.39, 0.29) is 5.91 Å². The molecule has 1 saturated carbocycles. The predicted octanol–water partition coefficient (Wildman–Crippen LogP) is 3.42. The molecule has 0 bridgehead atoms. The first-order valence-electron chi connectivity index (χ1n) is 9.68. The lowest BCUT2D eigenvalue weighted by molar-refractivity contribution is 0.0946. The number of nitrogens with zero attached hydrogens (tertiary/aromatic N) is 3. The van der Waals surface area contributed by atoms with Crippen LogP contribution in [0.5, 0.6) is 0 Å². The molecule has 1 N–H and O–H groups in total. The van der Waals surface area contributed by atoms with E-state index in [1.54, 1.807) is 18.6 Å². The zero-order chi connectivity index (χ0) is 17.8. The number of carbonyl (C=O) groups excluding carboxylic acids is 1. The molecule has 2 aromatic rings. The van der Waals surface area contributed by atoms with Crippen molar-refractivity contribution >= 4 is 11.6 Å². The summed E-state index contributed by atoms with van der Waals surface area (Å²) < 4.78 is 0. The van der Waals surface area contributed by atoms with E-state index >= 15 is 0 Å². The van der Waals surface area contributed by atoms with Crippen molar-refractivity contribution in [3.8, 4) is 0 Å². The SMILES string of the molecule is O=C(NCc1ccncc1)c1cc(N2CC[C@@H]3CCCC[C@H]3C2)ccn1. The van der Waals surface area contributed by atoms with Crippen LogP contribution >= 0.6 is 0 Å². The van der Waals surface area contributed by atoms with Crippen molar-refractivity contribution in [1.82, 2.24) is 15.3 Å². The number of hydrogen-bond donors (Lipinski definition) is 1. The van der Waals surface area contributed by atoms with Crippen molar-refractivity contribution in [3.63, 3.8) is 0 Å². The van der Waals surface area contributed by atoms with Gasteiger partial charge in [-0.05, 0) is 54.5 Å². The number of rotatable bonds is 4. The number of aromatic nitrogens is 2. The molecule has 5 heteroatoms. The Morgan fingerprint density at radius 2 is 1.88 bits per heavy atom. The molecule has 0 unspecified atom stereocenters. The molecular weight excluding hydrogens is 324 g/mol. The van der Waals surface area contributed by atoms with Crippen LogP contribution in [-0.4, -0.2) is 29.0 Å². The Morgan fingerprint density at radius 1 is 1.08 bits per heavy atom. The second-order valence-electron chi connectivity index (χ2n) is 7.48. The van der Waals surface area contributed by atoms with Crippen molar-refractivity contribution in [3.05, 3.63) is 54.1 Å². The van der Waals surface area contributed by atoms with Gasteiger partial charge in [0.15, 0.2) is 0 Å². The van der Waals surface area contributed by atoms with E-state index in [0.29, 0.717) is 12.2 Å². The molecule has 4 rings (SSSR count). The van der Waals surface area contributed by atoms with Gasteiger partial charge in [0.25, 0.3) is 5.91 Å². The summed E-state index contributed by atoms with van der Waals surface area (Å²) in [5, 5.41) is 2.94. The van der Waals surface area contributed by atoms with Gasteiger partial charge in [0.1, 0.15) is 5.69 Å². The third kappa shape index (κ3) is 3.87. The summed E-state index contributed by atoms with van der Waals surface area (Å²) in [5.74, 6) is 1.59. The predicted molar refractivity (Wildman–Crippen MR) is 102 cm³/mol. The Morgan fingerprint density at radius 3 is 2.73 bits per heavy atom. The Kier molecular flexibility index (Phi) is 5.14. The molecule has 5 nitrogen and oxygen atoms in total. The van der Waals surface area contributed by atoms with Crippen LogP contribution in [0.2, 0.25) is 0 Å². The lowest BCUT2D eigenvalue weighted by Crippen LogP contribution is -2.42. The van der Waals surface area contributed by atoms with Crippen LogP contribution in [0.15, 0.2) is 42.9 Å². The third-order valence-corrected chi connectivity index (χ3v) is 5.83. The molecule has 2 aromatic heterocycles. The average molecular weight is 350 g/mol. The van der Waals surface area contributed by atoms with Gasteiger partial charge >= 0.3 is 0 Å². The number of pyridine rings is 2. The van der Waals surface area contributed by atoms with Crippen molar-refractivity contribution in [1.29, 1.82) is 0 Å². The molecule has 0 spiro atoms. The molecule has 2 aliphatic rings. The van der Waals surface area contributed by atoms with Gasteiger partial charge in [0.2, 0.25) is 0 Å². The number of amides is 1. The summed E-state index contributed by atoms with van der Waals surface area (Å²) in [5.41, 5.74) is 2.64. The van der Waals surface area contributed by atoms with Crippen molar-refractivity contribution in [2.75, 3.05) is 18.0 Å². The standard InChI is InChI=1S/C21H26N4O/c26-21(24-14-16-5-9-22-10-6-16)20-13-19(7-11-23-20)25-12-8-17-3-1-2-4-18(17)15-25/h5-7,9-11,13,17-18H,1-4,8,12,14-15H2,(H,24,26)/t17-,18-/m0/s1. The number of nitrogens with one attached hydrogen (secondary N) is 1. The number of fused-ring (bicyclic) bond motifs is 1. The van der Waals surface area contributed by atoms with E-state index in [4.69, 9.17) is 0 Å². The Labute approximate surface area is 154 Å². The summed E-state index contributed by atoms with van der Waals surface area (Å²) in [4.78, 5) is 23.2. The maximum atomic E-state index is 12.5. The molecule has 1 amide bonds. The summed E-state index contributed by atoms with van der Waals surface area (Å²) in [6, 6.07) is 7.77. The molecular formula is C21H26N4O. The molecule has 136 valence electrons. The summed E-state index contributed by atoms with van der Waals surface area (Å²) in [7, 11) is 0. The summed E-state index contributed by atoms with van der Waals surface area (Å²) >= 11 is 0. The van der Waals surface area contributed by atoms with Gasteiger partial charge in [0, 0.05) is 43.9 Å². The fraction of sp³-hybridized carbons (Fsp3) is 0.476. The zero-order valence-electron chi connectivity index (χ0n) is 15.1. The van der Waals surface area contributed by atoms with Crippen LogP contribution < -0.4 is 10.2 Å². The average Bonchev–Trinajstić information content (AvgIpc) is 2.72. The monoisotopic (exact) mass is 350 g/mol. The molecule has 1 aliphatic heterocycles. The highest BCUT2D eigenvalue weighted by Gasteiger charge is 2.31. The van der Waals surface area contributed by atoms with Crippen molar-refractivity contribution in [2.24, 2.45) is 11.8 Å². The van der Waals surface area contributed by atoms with E-state index < -0.39 is 0 Å². The van der Waals surface area contributed by atoms with Crippen LogP contribution in [0.1, 0.15) is 48.2 Å². The maximum Gasteiger partial charge on any atom is 0.270 e. The van der Waals surface area contributed by atoms with Crippen LogP contribution in [0.3, 0.4) is 0 Å². The van der Waals surface area contributed by atoms with Gasteiger partial charge in [-0.15, -0.1) is 0 Å². The van der Waals surface area contributed by atoms with Gasteiger partial charge in [0.05, 0.1) is 0 Å². The van der Waals surface area contributed by atoms with E-state index in [0.717, 1.165) is 36.2 Å². The first kappa shape index (κ1) is 17.0. The minimum absolute atomic E-state index is 0.129. The Hall–Kier alpha value is -2.43. The number of carbonyl (C=O) groups is 1. The van der Waals surface area contributed by atoms with Crippen LogP contribution in [0.4, 0.5) is 5.69 Å².